The zero-order chi connectivity index (χ0) is 20.8. The molecule has 1 fully saturated rings. The smallest absolute Gasteiger partial charge is 0.260 e. The molecule has 154 valence electrons. The van der Waals surface area contributed by atoms with E-state index >= 15 is 0 Å². The van der Waals surface area contributed by atoms with Gasteiger partial charge in [-0.3, -0.25) is 9.59 Å². The molecule has 0 spiro atoms. The minimum atomic E-state index is -0.268. The standard InChI is InChI=1S/C22H24Cl2N2O3/c1-2-19(25-22(28)15-9-10-17(23)18(24)13-15)16-7-3-4-8-20(16)29-14-21(27)26-11-5-6-12-26/h3-4,7-10,13,19H,2,5-6,11-12,14H2,1H3,(H,25,28). The van der Waals surface area contributed by atoms with E-state index in [9.17, 15) is 9.59 Å². The molecular weight excluding hydrogens is 411 g/mol. The molecule has 5 nitrogen and oxygen atoms in total. The molecule has 0 aromatic heterocycles. The molecule has 0 aliphatic carbocycles. The Morgan fingerprint density at radius 2 is 1.83 bits per heavy atom. The van der Waals surface area contributed by atoms with E-state index in [-0.39, 0.29) is 24.5 Å². The predicted molar refractivity (Wildman–Crippen MR) is 115 cm³/mol. The number of hydrogen-bond acceptors (Lipinski definition) is 3. The van der Waals surface area contributed by atoms with Crippen LogP contribution >= 0.6 is 23.2 Å². The number of para-hydroxylation sites is 1. The summed E-state index contributed by atoms with van der Waals surface area (Å²) in [5.74, 6) is 0.338. The number of carbonyl (C=O) groups is 2. The van der Waals surface area contributed by atoms with Crippen LogP contribution in [0.5, 0.6) is 5.75 Å². The van der Waals surface area contributed by atoms with E-state index in [1.165, 1.54) is 0 Å². The zero-order valence-electron chi connectivity index (χ0n) is 16.3. The molecule has 29 heavy (non-hydrogen) atoms. The van der Waals surface area contributed by atoms with Crippen LogP contribution in [-0.2, 0) is 4.79 Å². The van der Waals surface area contributed by atoms with Gasteiger partial charge in [0.1, 0.15) is 5.75 Å². The number of benzene rings is 2. The molecule has 2 aromatic rings. The monoisotopic (exact) mass is 434 g/mol. The average molecular weight is 435 g/mol. The Morgan fingerprint density at radius 3 is 2.52 bits per heavy atom. The van der Waals surface area contributed by atoms with Gasteiger partial charge >= 0.3 is 0 Å². The average Bonchev–Trinajstić information content (AvgIpc) is 3.27. The number of halogens is 2. The van der Waals surface area contributed by atoms with E-state index in [4.69, 9.17) is 27.9 Å². The summed E-state index contributed by atoms with van der Waals surface area (Å²) in [5, 5.41) is 3.74. The minimum absolute atomic E-state index is 0.00577. The molecule has 2 amide bonds. The van der Waals surface area contributed by atoms with Crippen LogP contribution in [0.3, 0.4) is 0 Å². The SMILES string of the molecule is CCC(NC(=O)c1ccc(Cl)c(Cl)c1)c1ccccc1OCC(=O)N1CCCC1. The zero-order valence-corrected chi connectivity index (χ0v) is 17.8. The van der Waals surface area contributed by atoms with Gasteiger partial charge in [-0.05, 0) is 43.5 Å². The van der Waals surface area contributed by atoms with Crippen molar-refractivity contribution in [3.8, 4) is 5.75 Å². The van der Waals surface area contributed by atoms with E-state index in [1.54, 1.807) is 18.2 Å². The van der Waals surface area contributed by atoms with Crippen LogP contribution < -0.4 is 10.1 Å². The van der Waals surface area contributed by atoms with Crippen LogP contribution in [-0.4, -0.2) is 36.4 Å². The van der Waals surface area contributed by atoms with Crippen molar-refractivity contribution in [1.29, 1.82) is 0 Å². The molecule has 2 aromatic carbocycles. The summed E-state index contributed by atoms with van der Waals surface area (Å²) in [5.41, 5.74) is 1.26. The van der Waals surface area contributed by atoms with E-state index in [1.807, 2.05) is 36.1 Å². The Bertz CT molecular complexity index is 882. The summed E-state index contributed by atoms with van der Waals surface area (Å²) in [7, 11) is 0. The van der Waals surface area contributed by atoms with E-state index in [2.05, 4.69) is 5.32 Å². The number of ether oxygens (including phenoxy) is 1. The lowest BCUT2D eigenvalue weighted by Crippen LogP contribution is -2.32. The highest BCUT2D eigenvalue weighted by molar-refractivity contribution is 6.42. The lowest BCUT2D eigenvalue weighted by molar-refractivity contribution is -0.132. The molecule has 0 radical (unpaired) electrons. The third-order valence-corrected chi connectivity index (χ3v) is 5.74. The molecule has 7 heteroatoms. The van der Waals surface area contributed by atoms with Gasteiger partial charge in [-0.15, -0.1) is 0 Å². The van der Waals surface area contributed by atoms with Gasteiger partial charge in [0, 0.05) is 24.2 Å². The Morgan fingerprint density at radius 1 is 1.10 bits per heavy atom. The van der Waals surface area contributed by atoms with E-state index < -0.39 is 0 Å². The molecule has 3 rings (SSSR count). The normalized spacial score (nSPS) is 14.5. The first-order chi connectivity index (χ1) is 14.0. The Labute approximate surface area is 180 Å². The number of nitrogens with one attached hydrogen (secondary N) is 1. The van der Waals surface area contributed by atoms with Crippen molar-refractivity contribution >= 4 is 35.0 Å². The number of rotatable bonds is 7. The van der Waals surface area contributed by atoms with Gasteiger partial charge in [-0.2, -0.15) is 0 Å². The number of nitrogens with zero attached hydrogens (tertiary/aromatic N) is 1. The number of likely N-dealkylation sites (tertiary alicyclic amines) is 1. The highest BCUT2D eigenvalue weighted by Crippen LogP contribution is 2.28. The van der Waals surface area contributed by atoms with Gasteiger partial charge < -0.3 is 15.0 Å². The Kier molecular flexibility index (Phi) is 7.40. The van der Waals surface area contributed by atoms with Crippen molar-refractivity contribution in [3.63, 3.8) is 0 Å². The van der Waals surface area contributed by atoms with Crippen molar-refractivity contribution in [1.82, 2.24) is 10.2 Å². The molecule has 1 unspecified atom stereocenters. The number of hydrogen-bond donors (Lipinski definition) is 1. The van der Waals surface area contributed by atoms with Gasteiger partial charge in [0.2, 0.25) is 0 Å². The maximum atomic E-state index is 12.7. The summed E-state index contributed by atoms with van der Waals surface area (Å²) in [6.45, 7) is 3.56. The van der Waals surface area contributed by atoms with Crippen molar-refractivity contribution in [2.24, 2.45) is 0 Å². The molecule has 1 heterocycles. The molecule has 0 bridgehead atoms. The van der Waals surface area contributed by atoms with Crippen molar-refractivity contribution in [2.75, 3.05) is 19.7 Å². The van der Waals surface area contributed by atoms with Crippen LogP contribution in [0.4, 0.5) is 0 Å². The Balaban J connectivity index is 1.70. The number of carbonyl (C=O) groups excluding carboxylic acids is 2. The maximum absolute atomic E-state index is 12.7. The first-order valence-electron chi connectivity index (χ1n) is 9.75. The second kappa shape index (κ2) is 9.99. The molecule has 1 N–H and O–H groups in total. The summed E-state index contributed by atoms with van der Waals surface area (Å²) < 4.78 is 5.84. The molecule has 1 atom stereocenters. The summed E-state index contributed by atoms with van der Waals surface area (Å²) in [6.07, 6.45) is 2.75. The Hall–Kier alpha value is -2.24. The maximum Gasteiger partial charge on any atom is 0.260 e. The molecule has 1 aliphatic rings. The van der Waals surface area contributed by atoms with Crippen LogP contribution in [0, 0.1) is 0 Å². The van der Waals surface area contributed by atoms with Crippen LogP contribution in [0.2, 0.25) is 10.0 Å². The summed E-state index contributed by atoms with van der Waals surface area (Å²) in [4.78, 5) is 26.8. The fraction of sp³-hybridized carbons (Fsp3) is 0.364. The number of amides is 2. The van der Waals surface area contributed by atoms with Gasteiger partial charge in [0.25, 0.3) is 11.8 Å². The fourth-order valence-corrected chi connectivity index (χ4v) is 3.67. The van der Waals surface area contributed by atoms with Gasteiger partial charge in [0.15, 0.2) is 6.61 Å². The van der Waals surface area contributed by atoms with Gasteiger partial charge in [-0.25, -0.2) is 0 Å². The van der Waals surface area contributed by atoms with Crippen molar-refractivity contribution < 1.29 is 14.3 Å². The summed E-state index contributed by atoms with van der Waals surface area (Å²) >= 11 is 12.0. The third-order valence-electron chi connectivity index (χ3n) is 5.00. The van der Waals surface area contributed by atoms with Crippen LogP contribution in [0.25, 0.3) is 0 Å². The van der Waals surface area contributed by atoms with Crippen LogP contribution in [0.15, 0.2) is 42.5 Å². The van der Waals surface area contributed by atoms with Gasteiger partial charge in [-0.1, -0.05) is 48.3 Å². The molecule has 1 aliphatic heterocycles. The van der Waals surface area contributed by atoms with Crippen molar-refractivity contribution in [3.05, 3.63) is 63.6 Å². The van der Waals surface area contributed by atoms with E-state index in [0.29, 0.717) is 27.8 Å². The molecule has 0 saturated carbocycles. The largest absolute Gasteiger partial charge is 0.483 e. The first-order valence-corrected chi connectivity index (χ1v) is 10.5. The molecule has 1 saturated heterocycles. The highest BCUT2D eigenvalue weighted by Gasteiger charge is 2.21. The quantitative estimate of drug-likeness (QED) is 0.675. The first kappa shape index (κ1) is 21.5. The second-order valence-electron chi connectivity index (χ2n) is 6.98. The van der Waals surface area contributed by atoms with Crippen molar-refractivity contribution in [2.45, 2.75) is 32.2 Å². The van der Waals surface area contributed by atoms with Crippen LogP contribution in [0.1, 0.15) is 48.1 Å². The lowest BCUT2D eigenvalue weighted by Gasteiger charge is -2.22. The molecular formula is C22H24Cl2N2O3. The predicted octanol–water partition coefficient (Wildman–Crippen LogP) is 4.88. The lowest BCUT2D eigenvalue weighted by atomic mass is 10.0. The highest BCUT2D eigenvalue weighted by atomic mass is 35.5. The third kappa shape index (κ3) is 5.43. The van der Waals surface area contributed by atoms with E-state index in [0.717, 1.165) is 31.5 Å². The minimum Gasteiger partial charge on any atom is -0.483 e. The van der Waals surface area contributed by atoms with Gasteiger partial charge in [0.05, 0.1) is 16.1 Å². The fourth-order valence-electron chi connectivity index (χ4n) is 3.38. The summed E-state index contributed by atoms with van der Waals surface area (Å²) in [6, 6.07) is 12.0. The topological polar surface area (TPSA) is 58.6 Å². The second-order valence-corrected chi connectivity index (χ2v) is 7.79.